The first-order valence-electron chi connectivity index (χ1n) is 7.88. The standard InChI is InChI=1S/C19H19N3O2S/c1-12-9-10-25-17(12)19(24)21-20-18(23)16-11-13(2)22(14(16)3)15-7-5-4-6-8-15/h4-11H,1-3H3,(H,20,23)(H,21,24). The first-order valence-corrected chi connectivity index (χ1v) is 8.76. The summed E-state index contributed by atoms with van der Waals surface area (Å²) in [4.78, 5) is 25.2. The van der Waals surface area contributed by atoms with Crippen LogP contribution in [0.25, 0.3) is 5.69 Å². The maximum atomic E-state index is 12.5. The molecule has 0 fully saturated rings. The molecule has 1 aromatic carbocycles. The summed E-state index contributed by atoms with van der Waals surface area (Å²) in [5.74, 6) is -0.643. The van der Waals surface area contributed by atoms with Crippen molar-refractivity contribution in [2.24, 2.45) is 0 Å². The maximum Gasteiger partial charge on any atom is 0.280 e. The van der Waals surface area contributed by atoms with E-state index in [2.05, 4.69) is 10.9 Å². The van der Waals surface area contributed by atoms with Crippen molar-refractivity contribution in [2.75, 3.05) is 0 Å². The Morgan fingerprint density at radius 2 is 1.64 bits per heavy atom. The molecular weight excluding hydrogens is 334 g/mol. The molecule has 6 heteroatoms. The largest absolute Gasteiger partial charge is 0.318 e. The van der Waals surface area contributed by atoms with Gasteiger partial charge in [0.05, 0.1) is 10.4 Å². The van der Waals surface area contributed by atoms with Crippen molar-refractivity contribution in [1.29, 1.82) is 0 Å². The molecular formula is C19H19N3O2S. The minimum absolute atomic E-state index is 0.308. The van der Waals surface area contributed by atoms with Crippen molar-refractivity contribution < 1.29 is 9.59 Å². The summed E-state index contributed by atoms with van der Waals surface area (Å²) in [6, 6.07) is 13.5. The highest BCUT2D eigenvalue weighted by atomic mass is 32.1. The molecule has 0 spiro atoms. The highest BCUT2D eigenvalue weighted by Gasteiger charge is 2.18. The fraction of sp³-hybridized carbons (Fsp3) is 0.158. The number of aromatic nitrogens is 1. The highest BCUT2D eigenvalue weighted by Crippen LogP contribution is 2.20. The van der Waals surface area contributed by atoms with Crippen LogP contribution in [0.5, 0.6) is 0 Å². The van der Waals surface area contributed by atoms with Gasteiger partial charge in [-0.2, -0.15) is 0 Å². The topological polar surface area (TPSA) is 63.1 Å². The van der Waals surface area contributed by atoms with Gasteiger partial charge in [0.2, 0.25) is 0 Å². The second-order valence-electron chi connectivity index (χ2n) is 5.80. The molecule has 0 aliphatic heterocycles. The fourth-order valence-corrected chi connectivity index (χ4v) is 3.63. The van der Waals surface area contributed by atoms with Gasteiger partial charge in [-0.3, -0.25) is 20.4 Å². The van der Waals surface area contributed by atoms with Gasteiger partial charge < -0.3 is 4.57 Å². The highest BCUT2D eigenvalue weighted by molar-refractivity contribution is 7.12. The second kappa shape index (κ2) is 6.94. The van der Waals surface area contributed by atoms with Gasteiger partial charge in [-0.05, 0) is 56.0 Å². The zero-order chi connectivity index (χ0) is 18.0. The quantitative estimate of drug-likeness (QED) is 0.708. The van der Waals surface area contributed by atoms with E-state index in [9.17, 15) is 9.59 Å². The third-order valence-corrected chi connectivity index (χ3v) is 5.06. The van der Waals surface area contributed by atoms with E-state index in [0.717, 1.165) is 22.6 Å². The molecule has 5 nitrogen and oxygen atoms in total. The zero-order valence-electron chi connectivity index (χ0n) is 14.3. The first kappa shape index (κ1) is 17.0. The molecule has 2 amide bonds. The number of carbonyl (C=O) groups is 2. The second-order valence-corrected chi connectivity index (χ2v) is 6.71. The van der Waals surface area contributed by atoms with Crippen molar-refractivity contribution in [3.63, 3.8) is 0 Å². The van der Waals surface area contributed by atoms with Gasteiger partial charge in [0.15, 0.2) is 0 Å². The van der Waals surface area contributed by atoms with Crippen LogP contribution < -0.4 is 10.9 Å². The average molecular weight is 353 g/mol. The lowest BCUT2D eigenvalue weighted by Gasteiger charge is -2.10. The van der Waals surface area contributed by atoms with Crippen LogP contribution >= 0.6 is 11.3 Å². The molecule has 25 heavy (non-hydrogen) atoms. The third-order valence-electron chi connectivity index (χ3n) is 4.05. The predicted octanol–water partition coefficient (Wildman–Crippen LogP) is 3.54. The Kier molecular flexibility index (Phi) is 4.72. The SMILES string of the molecule is Cc1ccsc1C(=O)NNC(=O)c1cc(C)n(-c2ccccc2)c1C. The van der Waals surface area contributed by atoms with Gasteiger partial charge in [-0.15, -0.1) is 11.3 Å². The predicted molar refractivity (Wildman–Crippen MR) is 99.2 cm³/mol. The van der Waals surface area contributed by atoms with E-state index in [4.69, 9.17) is 0 Å². The van der Waals surface area contributed by atoms with Crippen LogP contribution in [0.1, 0.15) is 37.0 Å². The molecule has 0 unspecified atom stereocenters. The van der Waals surface area contributed by atoms with Gasteiger partial charge >= 0.3 is 0 Å². The van der Waals surface area contributed by atoms with Crippen LogP contribution in [0.3, 0.4) is 0 Å². The summed E-state index contributed by atoms with van der Waals surface area (Å²) >= 11 is 1.34. The average Bonchev–Trinajstić information content (AvgIpc) is 3.16. The van der Waals surface area contributed by atoms with Crippen molar-refractivity contribution in [2.45, 2.75) is 20.8 Å². The zero-order valence-corrected chi connectivity index (χ0v) is 15.1. The van der Waals surface area contributed by atoms with Crippen LogP contribution in [0.4, 0.5) is 0 Å². The fourth-order valence-electron chi connectivity index (χ4n) is 2.81. The number of rotatable bonds is 3. The Morgan fingerprint density at radius 3 is 2.28 bits per heavy atom. The molecule has 0 saturated carbocycles. The van der Waals surface area contributed by atoms with Gasteiger partial charge in [0, 0.05) is 17.1 Å². The van der Waals surface area contributed by atoms with Crippen LogP contribution in [0.15, 0.2) is 47.8 Å². The van der Waals surface area contributed by atoms with Gasteiger partial charge in [0.25, 0.3) is 11.8 Å². The Bertz CT molecular complexity index is 926. The molecule has 0 radical (unpaired) electrons. The molecule has 2 N–H and O–H groups in total. The Labute approximate surface area is 150 Å². The molecule has 2 aromatic heterocycles. The Balaban J connectivity index is 1.77. The summed E-state index contributed by atoms with van der Waals surface area (Å²) in [6.07, 6.45) is 0. The lowest BCUT2D eigenvalue weighted by atomic mass is 10.2. The van der Waals surface area contributed by atoms with Gasteiger partial charge in [-0.25, -0.2) is 0 Å². The molecule has 3 rings (SSSR count). The van der Waals surface area contributed by atoms with Crippen molar-refractivity contribution >= 4 is 23.2 Å². The molecule has 0 aliphatic rings. The van der Waals surface area contributed by atoms with E-state index in [1.165, 1.54) is 11.3 Å². The molecule has 2 heterocycles. The summed E-state index contributed by atoms with van der Waals surface area (Å²) in [7, 11) is 0. The van der Waals surface area contributed by atoms with E-state index in [1.54, 1.807) is 0 Å². The number of amides is 2. The Hall–Kier alpha value is -2.86. The number of carbonyl (C=O) groups excluding carboxylic acids is 2. The maximum absolute atomic E-state index is 12.5. The van der Waals surface area contributed by atoms with Crippen molar-refractivity contribution in [3.8, 4) is 5.69 Å². The lowest BCUT2D eigenvalue weighted by molar-refractivity contribution is 0.0848. The number of nitrogens with zero attached hydrogens (tertiary/aromatic N) is 1. The number of aryl methyl sites for hydroxylation is 2. The normalized spacial score (nSPS) is 10.5. The third kappa shape index (κ3) is 3.34. The number of thiophene rings is 1. The Morgan fingerprint density at radius 1 is 0.960 bits per heavy atom. The molecule has 0 aliphatic carbocycles. The number of benzene rings is 1. The molecule has 0 bridgehead atoms. The van der Waals surface area contributed by atoms with Crippen LogP contribution in [-0.4, -0.2) is 16.4 Å². The van der Waals surface area contributed by atoms with E-state index in [1.807, 2.05) is 73.2 Å². The monoisotopic (exact) mass is 353 g/mol. The number of hydrogen-bond donors (Lipinski definition) is 2. The van der Waals surface area contributed by atoms with E-state index < -0.39 is 0 Å². The first-order chi connectivity index (χ1) is 12.0. The van der Waals surface area contributed by atoms with Gasteiger partial charge in [-0.1, -0.05) is 18.2 Å². The van der Waals surface area contributed by atoms with E-state index in [0.29, 0.717) is 10.4 Å². The summed E-state index contributed by atoms with van der Waals surface area (Å²) in [6.45, 7) is 5.70. The molecule has 0 atom stereocenters. The van der Waals surface area contributed by atoms with E-state index in [-0.39, 0.29) is 11.8 Å². The van der Waals surface area contributed by atoms with Crippen LogP contribution in [0.2, 0.25) is 0 Å². The molecule has 0 saturated heterocycles. The molecule has 128 valence electrons. The number of para-hydroxylation sites is 1. The van der Waals surface area contributed by atoms with Crippen molar-refractivity contribution in [1.82, 2.24) is 15.4 Å². The number of hydrogen-bond acceptors (Lipinski definition) is 3. The minimum Gasteiger partial charge on any atom is -0.318 e. The number of nitrogens with one attached hydrogen (secondary N) is 2. The number of hydrazine groups is 1. The summed E-state index contributed by atoms with van der Waals surface area (Å²) in [5, 5.41) is 1.85. The summed E-state index contributed by atoms with van der Waals surface area (Å²) < 4.78 is 2.01. The smallest absolute Gasteiger partial charge is 0.280 e. The minimum atomic E-state index is -0.335. The van der Waals surface area contributed by atoms with Gasteiger partial charge in [0.1, 0.15) is 0 Å². The summed E-state index contributed by atoms with van der Waals surface area (Å²) in [5.41, 5.74) is 9.17. The van der Waals surface area contributed by atoms with Crippen LogP contribution in [-0.2, 0) is 0 Å². The van der Waals surface area contributed by atoms with Crippen LogP contribution in [0, 0.1) is 20.8 Å². The van der Waals surface area contributed by atoms with E-state index >= 15 is 0 Å². The molecule has 3 aromatic rings. The van der Waals surface area contributed by atoms with Crippen molar-refractivity contribution in [3.05, 3.63) is 75.2 Å². The lowest BCUT2D eigenvalue weighted by Crippen LogP contribution is -2.41.